The molecule has 0 radical (unpaired) electrons. The highest BCUT2D eigenvalue weighted by Gasteiger charge is 1.70. The van der Waals surface area contributed by atoms with Gasteiger partial charge in [-0.25, -0.2) is 13.6 Å². The monoisotopic (exact) mass is 128 g/mol. The second-order valence-electron chi connectivity index (χ2n) is 0.661. The molecule has 0 spiro atoms. The molecule has 50 valence electrons. The van der Waals surface area contributed by atoms with Crippen molar-refractivity contribution in [3.05, 3.63) is 0 Å². The first-order chi connectivity index (χ1) is 3.65. The lowest BCUT2D eigenvalue weighted by atomic mass is 10.9. The molecule has 0 saturated heterocycles. The van der Waals surface area contributed by atoms with Gasteiger partial charge in [0.25, 0.3) is 0 Å². The Bertz CT molecular complexity index is 50.5. The molecule has 0 rings (SSSR count). The van der Waals surface area contributed by atoms with Crippen LogP contribution in [0.4, 0.5) is 13.6 Å². The van der Waals surface area contributed by atoms with Crippen molar-refractivity contribution in [2.45, 2.75) is 0 Å². The molecule has 0 fully saturated rings. The molecule has 0 aromatic heterocycles. The largest absolute Gasteiger partial charge is 0.503 e. The molecule has 0 heterocycles. The fraction of sp³-hybridized carbons (Fsp3) is 0.667. The Balaban J connectivity index is 0. The first-order valence-electron chi connectivity index (χ1n) is 1.69. The van der Waals surface area contributed by atoms with Gasteiger partial charge < -0.3 is 10.2 Å². The van der Waals surface area contributed by atoms with E-state index in [1.54, 1.807) is 0 Å². The van der Waals surface area contributed by atoms with Crippen LogP contribution in [0.25, 0.3) is 0 Å². The second-order valence-corrected chi connectivity index (χ2v) is 0.661. The average molecular weight is 128 g/mol. The fourth-order valence-corrected chi connectivity index (χ4v) is 0. The van der Waals surface area contributed by atoms with Gasteiger partial charge in [-0.3, -0.25) is 0 Å². The van der Waals surface area contributed by atoms with Crippen molar-refractivity contribution in [2.75, 3.05) is 13.3 Å². The Morgan fingerprint density at radius 2 is 1.38 bits per heavy atom. The highest BCUT2D eigenvalue weighted by molar-refractivity contribution is 5.53. The molecule has 0 aliphatic carbocycles. The van der Waals surface area contributed by atoms with Crippen LogP contribution in [0.15, 0.2) is 0 Å². The van der Waals surface area contributed by atoms with Crippen molar-refractivity contribution in [1.82, 2.24) is 0 Å². The maximum Gasteiger partial charge on any atom is 0.503 e. The van der Waals surface area contributed by atoms with Gasteiger partial charge in [0.1, 0.15) is 13.3 Å². The first-order valence-corrected chi connectivity index (χ1v) is 1.69. The van der Waals surface area contributed by atoms with Gasteiger partial charge in [0.05, 0.1) is 0 Å². The molecule has 5 heteroatoms. The number of alkyl halides is 2. The molecule has 0 aliphatic heterocycles. The second kappa shape index (κ2) is 9.46. The van der Waals surface area contributed by atoms with Gasteiger partial charge in [0.2, 0.25) is 0 Å². The standard InChI is InChI=1S/C2H4F2.CH2O3/c3-1-2-4;2-1(3)4/h1-2H2;(H2,2,3,4). The number of rotatable bonds is 1. The van der Waals surface area contributed by atoms with Crippen molar-refractivity contribution in [3.8, 4) is 0 Å². The van der Waals surface area contributed by atoms with Crippen LogP contribution in [0.1, 0.15) is 0 Å². The van der Waals surface area contributed by atoms with Gasteiger partial charge in [0.15, 0.2) is 0 Å². The summed E-state index contributed by atoms with van der Waals surface area (Å²) in [6.07, 6.45) is -1.83. The Labute approximate surface area is 44.6 Å². The number of hydrogen-bond donors (Lipinski definition) is 2. The van der Waals surface area contributed by atoms with E-state index in [0.29, 0.717) is 0 Å². The van der Waals surface area contributed by atoms with E-state index in [2.05, 4.69) is 0 Å². The summed E-state index contributed by atoms with van der Waals surface area (Å²) >= 11 is 0. The summed E-state index contributed by atoms with van der Waals surface area (Å²) in [5, 5.41) is 13.9. The smallest absolute Gasteiger partial charge is 0.450 e. The molecule has 0 aliphatic rings. The number of carbonyl (C=O) groups is 1. The van der Waals surface area contributed by atoms with E-state index < -0.39 is 19.5 Å². The summed E-state index contributed by atoms with van der Waals surface area (Å²) < 4.78 is 20.7. The predicted molar refractivity (Wildman–Crippen MR) is 22.6 cm³/mol. The lowest BCUT2D eigenvalue weighted by molar-refractivity contribution is 0.137. The maximum absolute atomic E-state index is 10.3. The number of hydrogen-bond acceptors (Lipinski definition) is 1. The SMILES string of the molecule is FCCF.O=C(O)O. The third-order valence-electron chi connectivity index (χ3n) is 0.0714. The van der Waals surface area contributed by atoms with Gasteiger partial charge in [-0.15, -0.1) is 0 Å². The van der Waals surface area contributed by atoms with Crippen LogP contribution in [0.3, 0.4) is 0 Å². The number of carboxylic acid groups (broad SMARTS) is 2. The Morgan fingerprint density at radius 3 is 1.38 bits per heavy atom. The summed E-state index contributed by atoms with van der Waals surface area (Å²) in [7, 11) is 0. The van der Waals surface area contributed by atoms with Crippen molar-refractivity contribution < 1.29 is 23.8 Å². The normalized spacial score (nSPS) is 6.75. The van der Waals surface area contributed by atoms with Crippen molar-refractivity contribution in [3.63, 3.8) is 0 Å². The van der Waals surface area contributed by atoms with Crippen molar-refractivity contribution >= 4 is 6.16 Å². The molecule has 0 bridgehead atoms. The predicted octanol–water partition coefficient (Wildman–Crippen LogP) is 1.15. The lowest BCUT2D eigenvalue weighted by Crippen LogP contribution is -1.81. The lowest BCUT2D eigenvalue weighted by Gasteiger charge is -1.61. The van der Waals surface area contributed by atoms with E-state index in [0.717, 1.165) is 0 Å². The Morgan fingerprint density at radius 1 is 1.25 bits per heavy atom. The van der Waals surface area contributed by atoms with E-state index in [1.165, 1.54) is 0 Å². The summed E-state index contributed by atoms with van der Waals surface area (Å²) in [5.41, 5.74) is 0. The molecule has 0 atom stereocenters. The first kappa shape index (κ1) is 10.2. The van der Waals surface area contributed by atoms with Gasteiger partial charge in [-0.05, 0) is 0 Å². The quantitative estimate of drug-likeness (QED) is 0.556. The minimum atomic E-state index is -1.83. The topological polar surface area (TPSA) is 57.5 Å². The third kappa shape index (κ3) is 5180. The molecule has 0 aromatic carbocycles. The highest BCUT2D eigenvalue weighted by Crippen LogP contribution is 1.63. The van der Waals surface area contributed by atoms with Gasteiger partial charge in [-0.1, -0.05) is 0 Å². The maximum atomic E-state index is 10.3. The van der Waals surface area contributed by atoms with Crippen LogP contribution in [0.2, 0.25) is 0 Å². The van der Waals surface area contributed by atoms with Crippen LogP contribution in [-0.2, 0) is 0 Å². The molecule has 0 saturated carbocycles. The summed E-state index contributed by atoms with van der Waals surface area (Å²) in [6.45, 7) is -1.69. The zero-order chi connectivity index (χ0) is 6.99. The van der Waals surface area contributed by atoms with Crippen LogP contribution in [0, 0.1) is 0 Å². The highest BCUT2D eigenvalue weighted by atomic mass is 19.2. The molecule has 0 amide bonds. The van der Waals surface area contributed by atoms with Gasteiger partial charge in [0, 0.05) is 0 Å². The fourth-order valence-electron chi connectivity index (χ4n) is 0. The van der Waals surface area contributed by atoms with Gasteiger partial charge >= 0.3 is 6.16 Å². The Kier molecular flexibility index (Phi) is 12.0. The van der Waals surface area contributed by atoms with Crippen LogP contribution >= 0.6 is 0 Å². The van der Waals surface area contributed by atoms with E-state index in [9.17, 15) is 8.78 Å². The van der Waals surface area contributed by atoms with Crippen LogP contribution in [0.5, 0.6) is 0 Å². The zero-order valence-electron chi connectivity index (χ0n) is 3.97. The van der Waals surface area contributed by atoms with Crippen molar-refractivity contribution in [1.29, 1.82) is 0 Å². The molecular weight excluding hydrogens is 122 g/mol. The van der Waals surface area contributed by atoms with Gasteiger partial charge in [-0.2, -0.15) is 0 Å². The molecule has 0 aromatic rings. The van der Waals surface area contributed by atoms with Crippen LogP contribution < -0.4 is 0 Å². The van der Waals surface area contributed by atoms with E-state index in [-0.39, 0.29) is 0 Å². The zero-order valence-corrected chi connectivity index (χ0v) is 3.97. The summed E-state index contributed by atoms with van der Waals surface area (Å²) in [4.78, 5) is 8.56. The molecule has 2 N–H and O–H groups in total. The minimum Gasteiger partial charge on any atom is -0.450 e. The minimum absolute atomic E-state index is 0.847. The van der Waals surface area contributed by atoms with E-state index in [1.807, 2.05) is 0 Å². The Hall–Kier alpha value is -0.870. The van der Waals surface area contributed by atoms with E-state index >= 15 is 0 Å². The van der Waals surface area contributed by atoms with Crippen molar-refractivity contribution in [2.24, 2.45) is 0 Å². The van der Waals surface area contributed by atoms with Crippen LogP contribution in [-0.4, -0.2) is 29.7 Å². The molecule has 8 heavy (non-hydrogen) atoms. The summed E-state index contributed by atoms with van der Waals surface area (Å²) in [5.74, 6) is 0. The molecular formula is C3H6F2O3. The molecule has 0 unspecified atom stereocenters. The molecule has 3 nitrogen and oxygen atoms in total. The summed E-state index contributed by atoms with van der Waals surface area (Å²) in [6, 6.07) is 0. The van der Waals surface area contributed by atoms with E-state index in [4.69, 9.17) is 15.0 Å². The number of halogens is 2. The average Bonchev–Trinajstić information content (AvgIpc) is 1.65. The third-order valence-corrected chi connectivity index (χ3v) is 0.0714.